The molecule has 2 rings (SSSR count). The van der Waals surface area contributed by atoms with Gasteiger partial charge in [0.15, 0.2) is 0 Å². The van der Waals surface area contributed by atoms with Crippen molar-refractivity contribution in [1.29, 1.82) is 0 Å². The van der Waals surface area contributed by atoms with Gasteiger partial charge in [-0.2, -0.15) is 0 Å². The molecule has 0 aromatic rings. The van der Waals surface area contributed by atoms with E-state index in [0.29, 0.717) is 5.37 Å². The van der Waals surface area contributed by atoms with Gasteiger partial charge in [0, 0.05) is 18.7 Å². The molecule has 12 heavy (non-hydrogen) atoms. The Balaban J connectivity index is 1.85. The SMILES string of the molecule is CC1=CNC(C2CCCNC2)S1. The molecule has 0 spiro atoms. The van der Waals surface area contributed by atoms with Gasteiger partial charge in [-0.15, -0.1) is 11.8 Å². The highest BCUT2D eigenvalue weighted by molar-refractivity contribution is 8.03. The highest BCUT2D eigenvalue weighted by Gasteiger charge is 2.25. The first-order chi connectivity index (χ1) is 5.86. The number of piperidine rings is 1. The third kappa shape index (κ3) is 1.77. The van der Waals surface area contributed by atoms with Crippen LogP contribution in [0.5, 0.6) is 0 Å². The van der Waals surface area contributed by atoms with E-state index in [2.05, 4.69) is 23.8 Å². The average molecular weight is 184 g/mol. The Hall–Kier alpha value is -0.150. The van der Waals surface area contributed by atoms with Gasteiger partial charge in [-0.25, -0.2) is 0 Å². The minimum atomic E-state index is 0.637. The fourth-order valence-electron chi connectivity index (χ4n) is 1.84. The van der Waals surface area contributed by atoms with E-state index in [-0.39, 0.29) is 0 Å². The molecule has 0 aromatic heterocycles. The van der Waals surface area contributed by atoms with Crippen LogP contribution in [0, 0.1) is 5.92 Å². The summed E-state index contributed by atoms with van der Waals surface area (Å²) < 4.78 is 0. The van der Waals surface area contributed by atoms with Crippen LogP contribution in [0.15, 0.2) is 11.1 Å². The Morgan fingerprint density at radius 3 is 3.08 bits per heavy atom. The lowest BCUT2D eigenvalue weighted by atomic mass is 9.99. The number of hydrogen-bond donors (Lipinski definition) is 2. The third-order valence-electron chi connectivity index (χ3n) is 2.53. The maximum atomic E-state index is 3.45. The topological polar surface area (TPSA) is 24.1 Å². The van der Waals surface area contributed by atoms with E-state index < -0.39 is 0 Å². The van der Waals surface area contributed by atoms with Gasteiger partial charge in [0.1, 0.15) is 0 Å². The summed E-state index contributed by atoms with van der Waals surface area (Å²) in [6, 6.07) is 0. The number of allylic oxidation sites excluding steroid dienone is 1. The fourth-order valence-corrected chi connectivity index (χ4v) is 2.93. The van der Waals surface area contributed by atoms with Crippen LogP contribution in [0.2, 0.25) is 0 Å². The van der Waals surface area contributed by atoms with Crippen molar-refractivity contribution in [2.24, 2.45) is 5.92 Å². The molecule has 2 aliphatic heterocycles. The monoisotopic (exact) mass is 184 g/mol. The van der Waals surface area contributed by atoms with Crippen molar-refractivity contribution in [2.75, 3.05) is 13.1 Å². The zero-order valence-electron chi connectivity index (χ0n) is 7.47. The predicted molar refractivity (Wildman–Crippen MR) is 53.9 cm³/mol. The van der Waals surface area contributed by atoms with Crippen LogP contribution in [0.1, 0.15) is 19.8 Å². The maximum Gasteiger partial charge on any atom is 0.0801 e. The van der Waals surface area contributed by atoms with E-state index in [9.17, 15) is 0 Å². The molecule has 0 aliphatic carbocycles. The van der Waals surface area contributed by atoms with Crippen molar-refractivity contribution < 1.29 is 0 Å². The van der Waals surface area contributed by atoms with Crippen molar-refractivity contribution in [3.05, 3.63) is 11.1 Å². The van der Waals surface area contributed by atoms with Gasteiger partial charge in [-0.3, -0.25) is 0 Å². The van der Waals surface area contributed by atoms with Gasteiger partial charge in [0.05, 0.1) is 5.37 Å². The molecule has 3 heteroatoms. The molecular formula is C9H16N2S. The summed E-state index contributed by atoms with van der Waals surface area (Å²) in [7, 11) is 0. The molecule has 2 nitrogen and oxygen atoms in total. The summed E-state index contributed by atoms with van der Waals surface area (Å²) in [5.74, 6) is 0.817. The zero-order valence-corrected chi connectivity index (χ0v) is 8.29. The van der Waals surface area contributed by atoms with Crippen LogP contribution >= 0.6 is 11.8 Å². The summed E-state index contributed by atoms with van der Waals surface area (Å²) >= 11 is 1.98. The number of rotatable bonds is 1. The lowest BCUT2D eigenvalue weighted by Gasteiger charge is -2.27. The zero-order chi connectivity index (χ0) is 8.39. The average Bonchev–Trinajstić information content (AvgIpc) is 2.54. The van der Waals surface area contributed by atoms with Crippen LogP contribution in [-0.2, 0) is 0 Å². The molecule has 2 heterocycles. The lowest BCUT2D eigenvalue weighted by molar-refractivity contribution is 0.357. The molecule has 68 valence electrons. The lowest BCUT2D eigenvalue weighted by Crippen LogP contribution is -2.39. The van der Waals surface area contributed by atoms with Crippen molar-refractivity contribution >= 4 is 11.8 Å². The van der Waals surface area contributed by atoms with E-state index in [4.69, 9.17) is 0 Å². The Bertz CT molecular complexity index is 185. The van der Waals surface area contributed by atoms with Crippen LogP contribution in [0.25, 0.3) is 0 Å². The molecule has 0 radical (unpaired) electrons. The Kier molecular flexibility index (Phi) is 2.61. The summed E-state index contributed by atoms with van der Waals surface area (Å²) in [6.45, 7) is 4.57. The normalized spacial score (nSPS) is 35.9. The standard InChI is InChI=1S/C9H16N2S/c1-7-5-11-9(12-7)8-3-2-4-10-6-8/h5,8-11H,2-4,6H2,1H3. The van der Waals surface area contributed by atoms with Crippen molar-refractivity contribution in [3.63, 3.8) is 0 Å². The van der Waals surface area contributed by atoms with E-state index in [1.54, 1.807) is 0 Å². The van der Waals surface area contributed by atoms with Crippen molar-refractivity contribution in [3.8, 4) is 0 Å². The minimum Gasteiger partial charge on any atom is -0.378 e. The predicted octanol–water partition coefficient (Wildman–Crippen LogP) is 1.51. The molecular weight excluding hydrogens is 168 g/mol. The first kappa shape index (κ1) is 8.45. The molecule has 0 aromatic carbocycles. The van der Waals surface area contributed by atoms with Gasteiger partial charge in [0.2, 0.25) is 0 Å². The highest BCUT2D eigenvalue weighted by atomic mass is 32.2. The van der Waals surface area contributed by atoms with Crippen LogP contribution < -0.4 is 10.6 Å². The number of nitrogens with one attached hydrogen (secondary N) is 2. The van der Waals surface area contributed by atoms with Crippen LogP contribution in [-0.4, -0.2) is 18.5 Å². The van der Waals surface area contributed by atoms with Crippen molar-refractivity contribution in [2.45, 2.75) is 25.1 Å². The minimum absolute atomic E-state index is 0.637. The molecule has 0 amide bonds. The Morgan fingerprint density at radius 2 is 2.50 bits per heavy atom. The summed E-state index contributed by atoms with van der Waals surface area (Å²) in [5.41, 5.74) is 0. The second-order valence-corrected chi connectivity index (χ2v) is 4.95. The van der Waals surface area contributed by atoms with Gasteiger partial charge in [-0.1, -0.05) is 0 Å². The summed E-state index contributed by atoms with van der Waals surface area (Å²) in [5, 5.41) is 7.52. The first-order valence-electron chi connectivity index (χ1n) is 4.66. The molecule has 1 saturated heterocycles. The van der Waals surface area contributed by atoms with Gasteiger partial charge >= 0.3 is 0 Å². The Morgan fingerprint density at radius 1 is 1.58 bits per heavy atom. The van der Waals surface area contributed by atoms with Gasteiger partial charge < -0.3 is 10.6 Å². The molecule has 2 N–H and O–H groups in total. The number of thioether (sulfide) groups is 1. The van der Waals surface area contributed by atoms with E-state index in [1.165, 1.54) is 30.8 Å². The van der Waals surface area contributed by atoms with E-state index >= 15 is 0 Å². The molecule has 2 unspecified atom stereocenters. The smallest absolute Gasteiger partial charge is 0.0801 e. The van der Waals surface area contributed by atoms with E-state index in [0.717, 1.165) is 5.92 Å². The number of hydrogen-bond acceptors (Lipinski definition) is 3. The van der Waals surface area contributed by atoms with Gasteiger partial charge in [0.25, 0.3) is 0 Å². The fraction of sp³-hybridized carbons (Fsp3) is 0.778. The second kappa shape index (κ2) is 3.71. The first-order valence-corrected chi connectivity index (χ1v) is 5.54. The summed E-state index contributed by atoms with van der Waals surface area (Å²) in [6.07, 6.45) is 4.85. The third-order valence-corrected chi connectivity index (χ3v) is 3.79. The summed E-state index contributed by atoms with van der Waals surface area (Å²) in [4.78, 5) is 1.42. The Labute approximate surface area is 78.2 Å². The molecule has 1 fully saturated rings. The molecule has 2 aliphatic rings. The molecule has 0 saturated carbocycles. The van der Waals surface area contributed by atoms with E-state index in [1.807, 2.05) is 11.8 Å². The maximum absolute atomic E-state index is 3.45. The molecule has 0 bridgehead atoms. The van der Waals surface area contributed by atoms with Crippen LogP contribution in [0.3, 0.4) is 0 Å². The molecule has 2 atom stereocenters. The largest absolute Gasteiger partial charge is 0.378 e. The quantitative estimate of drug-likeness (QED) is 0.646. The highest BCUT2D eigenvalue weighted by Crippen LogP contribution is 2.32. The van der Waals surface area contributed by atoms with Crippen molar-refractivity contribution in [1.82, 2.24) is 10.6 Å². The van der Waals surface area contributed by atoms with Crippen LogP contribution in [0.4, 0.5) is 0 Å². The second-order valence-electron chi connectivity index (χ2n) is 3.57. The van der Waals surface area contributed by atoms with Gasteiger partial charge in [-0.05, 0) is 31.2 Å².